The first-order valence-electron chi connectivity index (χ1n) is 12.5. The summed E-state index contributed by atoms with van der Waals surface area (Å²) in [4.78, 5) is 0. The topological polar surface area (TPSA) is 237 Å². The molecule has 0 spiro atoms. The van der Waals surface area contributed by atoms with Crippen molar-refractivity contribution in [3.05, 3.63) is 35.9 Å². The molecule has 0 saturated carbocycles. The molecule has 0 aliphatic carbocycles. The highest BCUT2D eigenvalue weighted by Gasteiger charge is 2.51. The Bertz CT molecular complexity index is 876. The molecule has 3 aliphatic heterocycles. The first kappa shape index (κ1) is 30.6. The fraction of sp³-hybridized carbons (Fsp3) is 0.750. The molecule has 15 nitrogen and oxygen atoms in total. The average molecular weight is 565 g/mol. The summed E-state index contributed by atoms with van der Waals surface area (Å²) in [6.45, 7) is -1.48. The van der Waals surface area contributed by atoms with Gasteiger partial charge in [-0.2, -0.15) is 0 Å². The van der Waals surface area contributed by atoms with Crippen molar-refractivity contribution in [2.45, 2.75) is 92.6 Å². The van der Waals surface area contributed by atoms with E-state index in [9.17, 15) is 46.0 Å². The molecular weight excluding hydrogens is 528 g/mol. The highest BCUT2D eigenvalue weighted by molar-refractivity contribution is 5.13. The summed E-state index contributed by atoms with van der Waals surface area (Å²) in [7, 11) is 0. The fourth-order valence-electron chi connectivity index (χ4n) is 4.52. The molecule has 14 atom stereocenters. The Hall–Kier alpha value is -1.38. The molecule has 3 saturated heterocycles. The zero-order valence-electron chi connectivity index (χ0n) is 20.8. The van der Waals surface area contributed by atoms with E-state index in [1.807, 2.05) is 0 Å². The van der Waals surface area contributed by atoms with Gasteiger partial charge in [0, 0.05) is 0 Å². The molecule has 4 rings (SSSR count). The largest absolute Gasteiger partial charge is 0.394 e. The van der Waals surface area contributed by atoms with Crippen LogP contribution >= 0.6 is 0 Å². The molecular formula is C24H36O15. The zero-order chi connectivity index (χ0) is 28.3. The van der Waals surface area contributed by atoms with E-state index >= 15 is 0 Å². The third-order valence-corrected chi connectivity index (χ3v) is 6.92. The number of ether oxygens (including phenoxy) is 6. The zero-order valence-corrected chi connectivity index (χ0v) is 20.8. The molecule has 1 aromatic rings. The van der Waals surface area contributed by atoms with Crippen molar-refractivity contribution in [1.29, 1.82) is 0 Å². The molecule has 0 amide bonds. The van der Waals surface area contributed by atoms with Crippen LogP contribution < -0.4 is 0 Å². The van der Waals surface area contributed by atoms with E-state index in [2.05, 4.69) is 0 Å². The summed E-state index contributed by atoms with van der Waals surface area (Å²) < 4.78 is 33.3. The van der Waals surface area contributed by atoms with Crippen molar-refractivity contribution in [2.75, 3.05) is 19.8 Å². The molecule has 39 heavy (non-hydrogen) atoms. The number of rotatable bonds is 9. The van der Waals surface area contributed by atoms with E-state index in [0.717, 1.165) is 5.56 Å². The molecule has 3 aliphatic rings. The predicted molar refractivity (Wildman–Crippen MR) is 124 cm³/mol. The van der Waals surface area contributed by atoms with Gasteiger partial charge in [0.1, 0.15) is 67.1 Å². The summed E-state index contributed by atoms with van der Waals surface area (Å²) in [5.74, 6) is 0. The van der Waals surface area contributed by atoms with Crippen LogP contribution in [0.25, 0.3) is 0 Å². The van der Waals surface area contributed by atoms with Crippen LogP contribution in [0, 0.1) is 0 Å². The highest BCUT2D eigenvalue weighted by atomic mass is 16.8. The number of hydrogen-bond acceptors (Lipinski definition) is 15. The number of hydrogen-bond donors (Lipinski definition) is 9. The Morgan fingerprint density at radius 1 is 0.667 bits per heavy atom. The van der Waals surface area contributed by atoms with Crippen molar-refractivity contribution < 1.29 is 74.4 Å². The Kier molecular flexibility index (Phi) is 10.6. The van der Waals surface area contributed by atoms with E-state index in [1.165, 1.54) is 0 Å². The second-order valence-electron chi connectivity index (χ2n) is 9.70. The van der Waals surface area contributed by atoms with Gasteiger partial charge in [-0.15, -0.1) is 0 Å². The van der Waals surface area contributed by atoms with Gasteiger partial charge in [-0.3, -0.25) is 0 Å². The minimum Gasteiger partial charge on any atom is -0.394 e. The third kappa shape index (κ3) is 6.92. The summed E-state index contributed by atoms with van der Waals surface area (Å²) >= 11 is 0. The van der Waals surface area contributed by atoms with E-state index in [1.54, 1.807) is 30.3 Å². The van der Waals surface area contributed by atoms with E-state index in [0.29, 0.717) is 0 Å². The summed E-state index contributed by atoms with van der Waals surface area (Å²) in [6, 6.07) is 8.89. The smallest absolute Gasteiger partial charge is 0.187 e. The predicted octanol–water partition coefficient (Wildman–Crippen LogP) is -4.71. The maximum absolute atomic E-state index is 11.0. The first-order chi connectivity index (χ1) is 18.6. The first-order valence-corrected chi connectivity index (χ1v) is 12.5. The van der Waals surface area contributed by atoms with E-state index < -0.39 is 99.2 Å². The van der Waals surface area contributed by atoms with Crippen LogP contribution in [0.4, 0.5) is 0 Å². The summed E-state index contributed by atoms with van der Waals surface area (Å²) in [5.41, 5.74) is 0.729. The van der Waals surface area contributed by atoms with Gasteiger partial charge in [-0.25, -0.2) is 0 Å². The second-order valence-corrected chi connectivity index (χ2v) is 9.70. The lowest BCUT2D eigenvalue weighted by atomic mass is 9.97. The van der Waals surface area contributed by atoms with Crippen molar-refractivity contribution in [3.63, 3.8) is 0 Å². The third-order valence-electron chi connectivity index (χ3n) is 6.92. The average Bonchev–Trinajstić information content (AvgIpc) is 2.94. The Morgan fingerprint density at radius 3 is 2.00 bits per heavy atom. The Balaban J connectivity index is 1.47. The molecule has 3 heterocycles. The van der Waals surface area contributed by atoms with Crippen molar-refractivity contribution in [3.8, 4) is 0 Å². The molecule has 15 heteroatoms. The monoisotopic (exact) mass is 564 g/mol. The van der Waals surface area contributed by atoms with Crippen LogP contribution in [-0.2, 0) is 35.0 Å². The molecule has 0 radical (unpaired) electrons. The summed E-state index contributed by atoms with van der Waals surface area (Å²) in [6.07, 6.45) is -21.4. The van der Waals surface area contributed by atoms with Crippen molar-refractivity contribution in [1.82, 2.24) is 0 Å². The standard InChI is InChI=1S/C24H36O15/c25-6-12-15(28)17(30)20(33)23(37-12)39-21-18(31)16(29)13(9-36-22-19(32)14(27)11(26)8-35-22)38-24(21)34-7-10-4-2-1-3-5-10/h1-5,11-33H,6-9H2/t11-,12+,13-,14-,15+,16-,17-,18+,19+,20+,21+,22-,23-,24+/m1/s1. The van der Waals surface area contributed by atoms with Crippen LogP contribution in [0.3, 0.4) is 0 Å². The lowest BCUT2D eigenvalue weighted by molar-refractivity contribution is -0.372. The maximum Gasteiger partial charge on any atom is 0.187 e. The Labute approximate surface area is 223 Å². The number of aliphatic hydroxyl groups excluding tert-OH is 9. The minimum atomic E-state index is -1.78. The van der Waals surface area contributed by atoms with Gasteiger partial charge in [0.05, 0.1) is 26.4 Å². The second kappa shape index (κ2) is 13.5. The quantitative estimate of drug-likeness (QED) is 0.137. The molecule has 0 bridgehead atoms. The molecule has 222 valence electrons. The SMILES string of the molecule is OC[C@@H]1O[C@H](O[C@@H]2[C@@H](OCc3ccccc3)O[C@H](CO[C@H]3OC[C@@H](O)[C@@H](O)[C@@H]3O)[C@@H](O)[C@@H]2O)[C@@H](O)[C@H](O)[C@H]1O. The lowest BCUT2D eigenvalue weighted by Gasteiger charge is -2.46. The molecule has 0 unspecified atom stereocenters. The molecule has 1 aromatic carbocycles. The van der Waals surface area contributed by atoms with E-state index in [-0.39, 0.29) is 13.2 Å². The van der Waals surface area contributed by atoms with Crippen LogP contribution in [0.1, 0.15) is 5.56 Å². The normalized spacial score (nSPS) is 45.3. The van der Waals surface area contributed by atoms with Gasteiger partial charge in [0.25, 0.3) is 0 Å². The van der Waals surface area contributed by atoms with Gasteiger partial charge in [-0.05, 0) is 5.56 Å². The van der Waals surface area contributed by atoms with Crippen molar-refractivity contribution >= 4 is 0 Å². The molecule has 3 fully saturated rings. The van der Waals surface area contributed by atoms with Crippen LogP contribution in [0.5, 0.6) is 0 Å². The van der Waals surface area contributed by atoms with Crippen molar-refractivity contribution in [2.24, 2.45) is 0 Å². The fourth-order valence-corrected chi connectivity index (χ4v) is 4.52. The van der Waals surface area contributed by atoms with Gasteiger partial charge in [-0.1, -0.05) is 30.3 Å². The van der Waals surface area contributed by atoms with Crippen LogP contribution in [0.2, 0.25) is 0 Å². The summed E-state index contributed by atoms with van der Waals surface area (Å²) in [5, 5.41) is 91.2. The number of benzene rings is 1. The van der Waals surface area contributed by atoms with Crippen LogP contribution in [-0.4, -0.2) is 152 Å². The Morgan fingerprint density at radius 2 is 1.31 bits per heavy atom. The van der Waals surface area contributed by atoms with Gasteiger partial charge in [0.2, 0.25) is 0 Å². The van der Waals surface area contributed by atoms with E-state index in [4.69, 9.17) is 28.4 Å². The maximum atomic E-state index is 11.0. The molecule has 0 aromatic heterocycles. The molecule has 9 N–H and O–H groups in total. The minimum absolute atomic E-state index is 0.0228. The van der Waals surface area contributed by atoms with Gasteiger partial charge >= 0.3 is 0 Å². The highest BCUT2D eigenvalue weighted by Crippen LogP contribution is 2.31. The number of aliphatic hydroxyl groups is 9. The lowest BCUT2D eigenvalue weighted by Crippen LogP contribution is -2.65. The van der Waals surface area contributed by atoms with Crippen LogP contribution in [0.15, 0.2) is 30.3 Å². The van der Waals surface area contributed by atoms with Gasteiger partial charge in [0.15, 0.2) is 18.9 Å². The van der Waals surface area contributed by atoms with Gasteiger partial charge < -0.3 is 74.4 Å².